The molecule has 0 amide bonds. The molecule has 1 aromatic carbocycles. The Morgan fingerprint density at radius 3 is 2.30 bits per heavy atom. The standard InChI is InChI=1S/C20H22BrN3O3/c1-3-25-19(26-4-2)14-27-17-7-5-16(6-8-17)24-13-18(21)20(23-24)15-9-11-22-12-10-15/h5-13,19H,3-4,14H2,1-2H3. The Hall–Kier alpha value is -2.22. The minimum absolute atomic E-state index is 0.348. The van der Waals surface area contributed by atoms with Crippen LogP contribution < -0.4 is 4.74 Å². The van der Waals surface area contributed by atoms with Crippen LogP contribution in [0.15, 0.2) is 59.5 Å². The second kappa shape index (κ2) is 9.64. The number of ether oxygens (including phenoxy) is 3. The highest BCUT2D eigenvalue weighted by molar-refractivity contribution is 9.10. The minimum atomic E-state index is -0.357. The molecule has 2 heterocycles. The summed E-state index contributed by atoms with van der Waals surface area (Å²) in [6.07, 6.45) is 5.09. The largest absolute Gasteiger partial charge is 0.488 e. The van der Waals surface area contributed by atoms with Gasteiger partial charge in [-0.1, -0.05) is 0 Å². The van der Waals surface area contributed by atoms with E-state index in [0.29, 0.717) is 19.8 Å². The van der Waals surface area contributed by atoms with Gasteiger partial charge >= 0.3 is 0 Å². The van der Waals surface area contributed by atoms with Crippen LogP contribution in [-0.2, 0) is 9.47 Å². The average molecular weight is 432 g/mol. The van der Waals surface area contributed by atoms with Crippen LogP contribution in [0.3, 0.4) is 0 Å². The number of benzene rings is 1. The Morgan fingerprint density at radius 2 is 1.67 bits per heavy atom. The van der Waals surface area contributed by atoms with Crippen molar-refractivity contribution in [2.75, 3.05) is 19.8 Å². The van der Waals surface area contributed by atoms with Gasteiger partial charge in [-0.25, -0.2) is 4.68 Å². The second-order valence-electron chi connectivity index (χ2n) is 5.65. The first kappa shape index (κ1) is 19.5. The fourth-order valence-electron chi connectivity index (χ4n) is 2.57. The molecule has 3 aromatic rings. The summed E-state index contributed by atoms with van der Waals surface area (Å²) in [5.74, 6) is 0.753. The molecule has 0 saturated carbocycles. The summed E-state index contributed by atoms with van der Waals surface area (Å²) in [5, 5.41) is 4.66. The highest BCUT2D eigenvalue weighted by Crippen LogP contribution is 2.27. The topological polar surface area (TPSA) is 58.4 Å². The van der Waals surface area contributed by atoms with E-state index in [1.165, 1.54) is 0 Å². The van der Waals surface area contributed by atoms with E-state index >= 15 is 0 Å². The maximum absolute atomic E-state index is 5.77. The van der Waals surface area contributed by atoms with E-state index in [-0.39, 0.29) is 6.29 Å². The van der Waals surface area contributed by atoms with Gasteiger partial charge in [-0.3, -0.25) is 4.98 Å². The molecule has 27 heavy (non-hydrogen) atoms. The second-order valence-corrected chi connectivity index (χ2v) is 6.51. The highest BCUT2D eigenvalue weighted by atomic mass is 79.9. The van der Waals surface area contributed by atoms with Crippen LogP contribution in [-0.4, -0.2) is 40.9 Å². The maximum atomic E-state index is 5.77. The fraction of sp³-hybridized carbons (Fsp3) is 0.300. The van der Waals surface area contributed by atoms with Crippen LogP contribution in [0, 0.1) is 0 Å². The highest BCUT2D eigenvalue weighted by Gasteiger charge is 2.11. The summed E-state index contributed by atoms with van der Waals surface area (Å²) in [7, 11) is 0. The van der Waals surface area contributed by atoms with Gasteiger partial charge < -0.3 is 14.2 Å². The lowest BCUT2D eigenvalue weighted by atomic mass is 10.2. The molecular weight excluding hydrogens is 410 g/mol. The quantitative estimate of drug-likeness (QED) is 0.467. The number of halogens is 1. The molecule has 0 fully saturated rings. The van der Waals surface area contributed by atoms with Crippen molar-refractivity contribution < 1.29 is 14.2 Å². The molecule has 0 bridgehead atoms. The SMILES string of the molecule is CCOC(COc1ccc(-n2cc(Br)c(-c3ccncc3)n2)cc1)OCC. The maximum Gasteiger partial charge on any atom is 0.191 e. The van der Waals surface area contributed by atoms with E-state index < -0.39 is 0 Å². The van der Waals surface area contributed by atoms with Gasteiger partial charge in [0, 0.05) is 37.4 Å². The summed E-state index contributed by atoms with van der Waals surface area (Å²) < 4.78 is 19.5. The summed E-state index contributed by atoms with van der Waals surface area (Å²) in [6.45, 7) is 5.38. The Balaban J connectivity index is 1.69. The number of hydrogen-bond acceptors (Lipinski definition) is 5. The summed E-state index contributed by atoms with van der Waals surface area (Å²) in [6, 6.07) is 11.6. The summed E-state index contributed by atoms with van der Waals surface area (Å²) >= 11 is 3.58. The van der Waals surface area contributed by atoms with Gasteiger partial charge in [-0.05, 0) is 66.2 Å². The molecule has 0 unspecified atom stereocenters. The molecule has 0 atom stereocenters. The van der Waals surface area contributed by atoms with Gasteiger partial charge in [0.2, 0.25) is 0 Å². The molecule has 142 valence electrons. The molecule has 7 heteroatoms. The third kappa shape index (κ3) is 5.15. The number of nitrogens with zero attached hydrogens (tertiary/aromatic N) is 3. The van der Waals surface area contributed by atoms with Gasteiger partial charge in [0.05, 0.1) is 10.2 Å². The lowest BCUT2D eigenvalue weighted by molar-refractivity contribution is -0.152. The van der Waals surface area contributed by atoms with Crippen LogP contribution in [0.4, 0.5) is 0 Å². The van der Waals surface area contributed by atoms with Crippen LogP contribution in [0.2, 0.25) is 0 Å². The van der Waals surface area contributed by atoms with Crippen molar-refractivity contribution in [2.45, 2.75) is 20.1 Å². The zero-order valence-electron chi connectivity index (χ0n) is 15.3. The predicted octanol–water partition coefficient (Wildman–Crippen LogP) is 4.47. The van der Waals surface area contributed by atoms with Crippen LogP contribution in [0.5, 0.6) is 5.75 Å². The molecule has 0 aliphatic heterocycles. The fourth-order valence-corrected chi connectivity index (χ4v) is 3.07. The third-order valence-electron chi connectivity index (χ3n) is 3.82. The molecule has 0 aliphatic carbocycles. The first-order valence-electron chi connectivity index (χ1n) is 8.83. The van der Waals surface area contributed by atoms with Crippen molar-refractivity contribution >= 4 is 15.9 Å². The van der Waals surface area contributed by atoms with E-state index in [2.05, 4.69) is 26.0 Å². The number of hydrogen-bond donors (Lipinski definition) is 0. The predicted molar refractivity (Wildman–Crippen MR) is 107 cm³/mol. The first-order valence-corrected chi connectivity index (χ1v) is 9.62. The Morgan fingerprint density at radius 1 is 1.00 bits per heavy atom. The van der Waals surface area contributed by atoms with Gasteiger partial charge in [0.15, 0.2) is 6.29 Å². The van der Waals surface area contributed by atoms with Gasteiger partial charge in [0.1, 0.15) is 18.1 Å². The van der Waals surface area contributed by atoms with Crippen LogP contribution in [0.1, 0.15) is 13.8 Å². The Kier molecular flexibility index (Phi) is 6.98. The van der Waals surface area contributed by atoms with Crippen LogP contribution in [0.25, 0.3) is 16.9 Å². The third-order valence-corrected chi connectivity index (χ3v) is 4.40. The van der Waals surface area contributed by atoms with Crippen molar-refractivity contribution in [1.29, 1.82) is 0 Å². The molecule has 3 rings (SSSR count). The molecule has 6 nitrogen and oxygen atoms in total. The van der Waals surface area contributed by atoms with Gasteiger partial charge in [-0.15, -0.1) is 0 Å². The van der Waals surface area contributed by atoms with Crippen molar-refractivity contribution in [3.05, 3.63) is 59.5 Å². The van der Waals surface area contributed by atoms with E-state index in [0.717, 1.165) is 27.2 Å². The molecular formula is C20H22BrN3O3. The van der Waals surface area contributed by atoms with Crippen molar-refractivity contribution in [1.82, 2.24) is 14.8 Å². The number of rotatable bonds is 9. The summed E-state index contributed by atoms with van der Waals surface area (Å²) in [5.41, 5.74) is 2.82. The molecule has 0 aliphatic rings. The minimum Gasteiger partial charge on any atom is -0.488 e. The monoisotopic (exact) mass is 431 g/mol. The Bertz CT molecular complexity index is 831. The average Bonchev–Trinajstić information content (AvgIpc) is 3.09. The zero-order valence-corrected chi connectivity index (χ0v) is 16.9. The van der Waals surface area contributed by atoms with Crippen molar-refractivity contribution in [3.63, 3.8) is 0 Å². The van der Waals surface area contributed by atoms with E-state index in [1.807, 2.05) is 61.1 Å². The Labute approximate surface area is 167 Å². The van der Waals surface area contributed by atoms with Crippen molar-refractivity contribution in [2.24, 2.45) is 0 Å². The molecule has 0 saturated heterocycles. The molecule has 2 aromatic heterocycles. The number of pyridine rings is 1. The van der Waals surface area contributed by atoms with E-state index in [9.17, 15) is 0 Å². The smallest absolute Gasteiger partial charge is 0.191 e. The first-order chi connectivity index (χ1) is 13.2. The van der Waals surface area contributed by atoms with Crippen LogP contribution >= 0.6 is 15.9 Å². The lowest BCUT2D eigenvalue weighted by Crippen LogP contribution is -2.25. The normalized spacial score (nSPS) is 11.1. The van der Waals surface area contributed by atoms with Crippen molar-refractivity contribution in [3.8, 4) is 22.7 Å². The van der Waals surface area contributed by atoms with E-state index in [1.54, 1.807) is 12.4 Å². The lowest BCUT2D eigenvalue weighted by Gasteiger charge is -2.17. The summed E-state index contributed by atoms with van der Waals surface area (Å²) in [4.78, 5) is 4.05. The van der Waals surface area contributed by atoms with E-state index in [4.69, 9.17) is 14.2 Å². The number of aromatic nitrogens is 3. The zero-order chi connectivity index (χ0) is 19.1. The molecule has 0 N–H and O–H groups in total. The molecule has 0 radical (unpaired) electrons. The van der Waals surface area contributed by atoms with Gasteiger partial charge in [0.25, 0.3) is 0 Å². The van der Waals surface area contributed by atoms with Gasteiger partial charge in [-0.2, -0.15) is 5.10 Å². The molecule has 0 spiro atoms.